The molecule has 1 heterocycles. The van der Waals surface area contributed by atoms with Crippen LogP contribution in [-0.4, -0.2) is 44.4 Å². The summed E-state index contributed by atoms with van der Waals surface area (Å²) in [6.45, 7) is 5.64. The standard InChI is InChI=1S/C24H28N6O5S/c1-14(2)21(26-23(32)16-6-9-18(35-5)10-7-16)22-27-28-24(29(22)4)36-13-20(31)25-19-11-8-17(30(33)34)12-15(19)3/h6-12,14,21H,13H2,1-5H3,(H,25,31)(H,26,32)/t21-/m0/s1. The number of ether oxygens (including phenoxy) is 1. The number of nitro benzene ring substituents is 1. The van der Waals surface area contributed by atoms with E-state index >= 15 is 0 Å². The molecule has 1 atom stereocenters. The number of hydrogen-bond donors (Lipinski definition) is 2. The lowest BCUT2D eigenvalue weighted by Gasteiger charge is -2.21. The molecule has 3 rings (SSSR count). The average molecular weight is 513 g/mol. The number of rotatable bonds is 10. The molecule has 190 valence electrons. The molecule has 0 aliphatic rings. The number of non-ortho nitro benzene ring substituents is 1. The zero-order valence-electron chi connectivity index (χ0n) is 20.6. The number of nitro groups is 1. The number of benzene rings is 2. The summed E-state index contributed by atoms with van der Waals surface area (Å²) in [5, 5.41) is 25.7. The molecule has 0 radical (unpaired) electrons. The Balaban J connectivity index is 1.65. The molecule has 1 aromatic heterocycles. The number of carbonyl (C=O) groups is 2. The molecule has 36 heavy (non-hydrogen) atoms. The molecule has 3 aromatic rings. The second-order valence-corrected chi connectivity index (χ2v) is 9.36. The molecule has 0 aliphatic carbocycles. The first-order valence-electron chi connectivity index (χ1n) is 11.1. The normalized spacial score (nSPS) is 11.7. The highest BCUT2D eigenvalue weighted by molar-refractivity contribution is 7.99. The third-order valence-electron chi connectivity index (χ3n) is 5.48. The zero-order valence-corrected chi connectivity index (χ0v) is 21.5. The first-order chi connectivity index (χ1) is 17.1. The second-order valence-electron chi connectivity index (χ2n) is 8.42. The van der Waals surface area contributed by atoms with Crippen molar-refractivity contribution in [2.75, 3.05) is 18.2 Å². The topological polar surface area (TPSA) is 141 Å². The molecule has 2 N–H and O–H groups in total. The van der Waals surface area contributed by atoms with Crippen LogP contribution in [0.15, 0.2) is 47.6 Å². The van der Waals surface area contributed by atoms with E-state index in [1.807, 2.05) is 13.8 Å². The molecule has 12 heteroatoms. The van der Waals surface area contributed by atoms with Crippen molar-refractivity contribution in [1.82, 2.24) is 20.1 Å². The van der Waals surface area contributed by atoms with Crippen LogP contribution >= 0.6 is 11.8 Å². The smallest absolute Gasteiger partial charge is 0.269 e. The SMILES string of the molecule is COc1ccc(C(=O)N[C@H](c2nnc(SCC(=O)Nc3ccc([N+](=O)[O-])cc3C)n2C)C(C)C)cc1. The van der Waals surface area contributed by atoms with Gasteiger partial charge >= 0.3 is 0 Å². The summed E-state index contributed by atoms with van der Waals surface area (Å²) in [5.41, 5.74) is 1.56. The van der Waals surface area contributed by atoms with Crippen LogP contribution in [0.4, 0.5) is 11.4 Å². The van der Waals surface area contributed by atoms with Crippen molar-refractivity contribution in [3.63, 3.8) is 0 Å². The summed E-state index contributed by atoms with van der Waals surface area (Å²) in [6, 6.07) is 10.7. The van der Waals surface area contributed by atoms with Gasteiger partial charge in [-0.1, -0.05) is 25.6 Å². The number of thioether (sulfide) groups is 1. The number of nitrogens with zero attached hydrogens (tertiary/aromatic N) is 4. The molecule has 2 aromatic carbocycles. The fourth-order valence-electron chi connectivity index (χ4n) is 3.44. The summed E-state index contributed by atoms with van der Waals surface area (Å²) in [7, 11) is 3.35. The lowest BCUT2D eigenvalue weighted by Crippen LogP contribution is -2.33. The van der Waals surface area contributed by atoms with Crippen molar-refractivity contribution >= 4 is 35.0 Å². The molecular weight excluding hydrogens is 484 g/mol. The first kappa shape index (κ1) is 26.7. The summed E-state index contributed by atoms with van der Waals surface area (Å²) < 4.78 is 6.90. The Bertz CT molecular complexity index is 1260. The highest BCUT2D eigenvalue weighted by atomic mass is 32.2. The second kappa shape index (κ2) is 11.7. The van der Waals surface area contributed by atoms with E-state index in [9.17, 15) is 19.7 Å². The Morgan fingerprint density at radius 1 is 1.17 bits per heavy atom. The summed E-state index contributed by atoms with van der Waals surface area (Å²) in [6.07, 6.45) is 0. The number of carbonyl (C=O) groups excluding carboxylic acids is 2. The van der Waals surface area contributed by atoms with Crippen LogP contribution in [0.3, 0.4) is 0 Å². The van der Waals surface area contributed by atoms with Crippen molar-refractivity contribution in [1.29, 1.82) is 0 Å². The highest BCUT2D eigenvalue weighted by Crippen LogP contribution is 2.26. The lowest BCUT2D eigenvalue weighted by atomic mass is 10.0. The highest BCUT2D eigenvalue weighted by Gasteiger charge is 2.25. The molecule has 0 unspecified atom stereocenters. The van der Waals surface area contributed by atoms with Crippen molar-refractivity contribution in [3.8, 4) is 5.75 Å². The molecule has 0 saturated heterocycles. The fourth-order valence-corrected chi connectivity index (χ4v) is 4.16. The Morgan fingerprint density at radius 2 is 1.86 bits per heavy atom. The van der Waals surface area contributed by atoms with Gasteiger partial charge in [0.25, 0.3) is 11.6 Å². The molecule has 0 saturated carbocycles. The minimum absolute atomic E-state index is 0.0290. The molecular formula is C24H28N6O5S. The van der Waals surface area contributed by atoms with Crippen molar-refractivity contribution in [2.45, 2.75) is 32.0 Å². The molecule has 11 nitrogen and oxygen atoms in total. The van der Waals surface area contributed by atoms with Gasteiger partial charge in [0.15, 0.2) is 11.0 Å². The van der Waals surface area contributed by atoms with Gasteiger partial charge in [-0.2, -0.15) is 0 Å². The monoisotopic (exact) mass is 512 g/mol. The summed E-state index contributed by atoms with van der Waals surface area (Å²) >= 11 is 1.20. The third-order valence-corrected chi connectivity index (χ3v) is 6.50. The maximum absolute atomic E-state index is 12.8. The number of aryl methyl sites for hydroxylation is 1. The largest absolute Gasteiger partial charge is 0.497 e. The van der Waals surface area contributed by atoms with Crippen LogP contribution in [0.5, 0.6) is 5.75 Å². The maximum Gasteiger partial charge on any atom is 0.269 e. The Morgan fingerprint density at radius 3 is 2.44 bits per heavy atom. The van der Waals surface area contributed by atoms with E-state index < -0.39 is 11.0 Å². The van der Waals surface area contributed by atoms with Crippen LogP contribution in [0, 0.1) is 23.0 Å². The molecule has 0 fully saturated rings. The maximum atomic E-state index is 12.8. The first-order valence-corrected chi connectivity index (χ1v) is 12.1. The van der Waals surface area contributed by atoms with Gasteiger partial charge in [-0.25, -0.2) is 0 Å². The number of amides is 2. The zero-order chi connectivity index (χ0) is 26.4. The predicted octanol–water partition coefficient (Wildman–Crippen LogP) is 3.90. The minimum atomic E-state index is -0.482. The van der Waals surface area contributed by atoms with Crippen LogP contribution in [0.1, 0.15) is 41.6 Å². The van der Waals surface area contributed by atoms with Crippen molar-refractivity contribution < 1.29 is 19.2 Å². The number of nitrogens with one attached hydrogen (secondary N) is 2. The van der Waals surface area contributed by atoms with Crippen molar-refractivity contribution in [2.24, 2.45) is 13.0 Å². The van der Waals surface area contributed by atoms with E-state index in [1.54, 1.807) is 49.9 Å². The van der Waals surface area contributed by atoms with E-state index in [0.29, 0.717) is 33.5 Å². The predicted molar refractivity (Wildman–Crippen MR) is 136 cm³/mol. The quantitative estimate of drug-likeness (QED) is 0.237. The van der Waals surface area contributed by atoms with Crippen molar-refractivity contribution in [3.05, 3.63) is 69.5 Å². The number of anilines is 1. The van der Waals surface area contributed by atoms with Gasteiger partial charge in [0.1, 0.15) is 5.75 Å². The van der Waals surface area contributed by atoms with Gasteiger partial charge in [-0.3, -0.25) is 19.7 Å². The molecule has 0 bridgehead atoms. The molecule has 2 amide bonds. The van der Waals surface area contributed by atoms with E-state index in [1.165, 1.54) is 30.0 Å². The van der Waals surface area contributed by atoms with Crippen LogP contribution in [0.2, 0.25) is 0 Å². The van der Waals surface area contributed by atoms with Gasteiger partial charge in [0.2, 0.25) is 5.91 Å². The van der Waals surface area contributed by atoms with Gasteiger partial charge in [-0.05, 0) is 48.7 Å². The van der Waals surface area contributed by atoms with Gasteiger partial charge in [0, 0.05) is 30.4 Å². The fraction of sp³-hybridized carbons (Fsp3) is 0.333. The number of hydrogen-bond acceptors (Lipinski definition) is 8. The van der Waals surface area contributed by atoms with Gasteiger partial charge in [-0.15, -0.1) is 10.2 Å². The van der Waals surface area contributed by atoms with E-state index in [4.69, 9.17) is 4.74 Å². The van der Waals surface area contributed by atoms with E-state index in [-0.39, 0.29) is 29.2 Å². The number of aromatic nitrogens is 3. The van der Waals surface area contributed by atoms with Crippen LogP contribution in [-0.2, 0) is 11.8 Å². The Hall–Kier alpha value is -3.93. The van der Waals surface area contributed by atoms with Gasteiger partial charge in [0.05, 0.1) is 23.8 Å². The lowest BCUT2D eigenvalue weighted by molar-refractivity contribution is -0.384. The molecule has 0 aliphatic heterocycles. The summed E-state index contributed by atoms with van der Waals surface area (Å²) in [4.78, 5) is 35.7. The van der Waals surface area contributed by atoms with E-state index in [0.717, 1.165) is 0 Å². The van der Waals surface area contributed by atoms with Gasteiger partial charge < -0.3 is 19.9 Å². The van der Waals surface area contributed by atoms with E-state index in [2.05, 4.69) is 20.8 Å². The van der Waals surface area contributed by atoms with Crippen LogP contribution < -0.4 is 15.4 Å². The molecule has 0 spiro atoms. The average Bonchev–Trinajstić information content (AvgIpc) is 3.21. The Labute approximate surface area is 212 Å². The third kappa shape index (κ3) is 6.39. The Kier molecular flexibility index (Phi) is 8.64. The summed E-state index contributed by atoms with van der Waals surface area (Å²) in [5.74, 6) is 0.797. The number of methoxy groups -OCH3 is 1. The minimum Gasteiger partial charge on any atom is -0.497 e. The van der Waals surface area contributed by atoms with Crippen LogP contribution in [0.25, 0.3) is 0 Å².